The van der Waals surface area contributed by atoms with E-state index in [4.69, 9.17) is 0 Å². The van der Waals surface area contributed by atoms with Gasteiger partial charge in [-0.1, -0.05) is 7.12 Å². The summed E-state index contributed by atoms with van der Waals surface area (Å²) < 4.78 is 33.2. The largest absolute Gasteiger partial charge is 1.00 e. The molecule has 0 aromatic heterocycles. The zero-order valence-electron chi connectivity index (χ0n) is 6.18. The zero-order chi connectivity index (χ0) is 7.49. The van der Waals surface area contributed by atoms with Crippen LogP contribution >= 0.6 is 0 Å². The second kappa shape index (κ2) is 9.35. The third-order valence-corrected chi connectivity index (χ3v) is 0.442. The van der Waals surface area contributed by atoms with Crippen LogP contribution in [-0.4, -0.2) is 13.3 Å². The Morgan fingerprint density at radius 1 is 1.09 bits per heavy atom. The topological polar surface area (TPSA) is 46.1 Å². The molecule has 0 saturated heterocycles. The van der Waals surface area contributed by atoms with Crippen molar-refractivity contribution >= 4 is 7.12 Å². The van der Waals surface area contributed by atoms with Crippen molar-refractivity contribution in [1.29, 1.82) is 0 Å². The Labute approximate surface area is 148 Å². The summed E-state index contributed by atoms with van der Waals surface area (Å²) in [5.74, 6) is 0.0139. The van der Waals surface area contributed by atoms with Gasteiger partial charge in [0.1, 0.15) is 0 Å². The van der Waals surface area contributed by atoms with Crippen molar-refractivity contribution in [3.63, 3.8) is 0 Å². The fourth-order valence-corrected chi connectivity index (χ4v) is 0.188. The summed E-state index contributed by atoms with van der Waals surface area (Å²) in [6, 6.07) is 0. The molecule has 0 unspecified atom stereocenters. The van der Waals surface area contributed by atoms with Gasteiger partial charge >= 0.3 is 109 Å². The predicted octanol–water partition coefficient (Wildman–Crippen LogP) is -7.14. The molecule has 0 rings (SSSR count). The first kappa shape index (κ1) is 19.4. The van der Waals surface area contributed by atoms with Gasteiger partial charge in [0.25, 0.3) is 0 Å². The number of halogens is 3. The fraction of sp³-hybridized carbons (Fsp3) is 0.333. The van der Waals surface area contributed by atoms with Gasteiger partial charge in [0, 0.05) is 6.08 Å². The molecular weight excluding hydrogens is 214 g/mol. The molecule has 0 atom stereocenters. The van der Waals surface area contributed by atoms with Crippen LogP contribution in [0.25, 0.3) is 0 Å². The molecule has 0 bridgehead atoms. The summed E-state index contributed by atoms with van der Waals surface area (Å²) in [4.78, 5) is 0. The van der Waals surface area contributed by atoms with Crippen LogP contribution < -0.4 is 113 Å². The summed E-state index contributed by atoms with van der Waals surface area (Å²) in [5, 5.41) is 18.9. The molecule has 0 saturated carbocycles. The van der Waals surface area contributed by atoms with Crippen LogP contribution in [0.4, 0.5) is 13.2 Å². The number of rotatable bonds is 1. The molecule has 52 valence electrons. The normalized spacial score (nSPS) is 10.3. The molecule has 0 aromatic carbocycles. The zero-order valence-corrected chi connectivity index (χ0v) is 12.4. The van der Waals surface area contributed by atoms with Crippen molar-refractivity contribution in [2.24, 2.45) is 0 Å². The Balaban J connectivity index is -0.000000320. The third kappa shape index (κ3) is 19.3. The first-order valence-corrected chi connectivity index (χ1v) is 1.99. The maximum atomic E-state index is 11.1. The molecule has 0 amide bonds. The van der Waals surface area contributed by atoms with Gasteiger partial charge in [0.05, 0.1) is 0 Å². The minimum atomic E-state index is -4.55. The maximum absolute atomic E-state index is 11.1. The van der Waals surface area contributed by atoms with Crippen LogP contribution in [0.5, 0.6) is 0 Å². The van der Waals surface area contributed by atoms with Crippen molar-refractivity contribution in [3.8, 4) is 0 Å². The molecule has 0 aliphatic heterocycles. The van der Waals surface area contributed by atoms with Gasteiger partial charge < -0.3 is 10.0 Å². The van der Waals surface area contributed by atoms with E-state index in [0.717, 1.165) is 0 Å². The van der Waals surface area contributed by atoms with E-state index in [1.165, 1.54) is 0 Å². The van der Waals surface area contributed by atoms with Gasteiger partial charge in [0.2, 0.25) is 0 Å². The van der Waals surface area contributed by atoms with Gasteiger partial charge in [-0.3, -0.25) is 0 Å². The Hall–Kier alpha value is 2.79. The molecule has 2 nitrogen and oxygen atoms in total. The fourth-order valence-electron chi connectivity index (χ4n) is 0.188. The minimum Gasteiger partial charge on any atom is -0.890 e. The molecule has 8 heteroatoms. The van der Waals surface area contributed by atoms with Gasteiger partial charge in [-0.2, -0.15) is 19.1 Å². The van der Waals surface area contributed by atoms with E-state index in [9.17, 15) is 23.2 Å². The molecule has 0 aliphatic rings. The summed E-state index contributed by atoms with van der Waals surface area (Å²) in [6.07, 6.45) is -4.91. The van der Waals surface area contributed by atoms with Crippen molar-refractivity contribution in [1.82, 2.24) is 0 Å². The second-order valence-electron chi connectivity index (χ2n) is 1.27. The SMILES string of the molecule is [K+].[K+].[O-]B([O-])C=CC(F)(F)F. The van der Waals surface area contributed by atoms with E-state index in [2.05, 4.69) is 0 Å². The monoisotopic (exact) mass is 216 g/mol. The van der Waals surface area contributed by atoms with Crippen LogP contribution in [0, 0.1) is 0 Å². The van der Waals surface area contributed by atoms with Crippen LogP contribution in [0.15, 0.2) is 12.1 Å². The second-order valence-corrected chi connectivity index (χ2v) is 1.27. The summed E-state index contributed by atoms with van der Waals surface area (Å²) in [7, 11) is -2.54. The van der Waals surface area contributed by atoms with Crippen molar-refractivity contribution in [2.75, 3.05) is 0 Å². The average Bonchev–Trinajstić information content (AvgIpc) is 1.59. The third-order valence-electron chi connectivity index (χ3n) is 0.442. The minimum absolute atomic E-state index is 0. The summed E-state index contributed by atoms with van der Waals surface area (Å²) in [5.41, 5.74) is 0. The Kier molecular flexibility index (Phi) is 16.5. The van der Waals surface area contributed by atoms with Crippen molar-refractivity contribution < 1.29 is 126 Å². The summed E-state index contributed by atoms with van der Waals surface area (Å²) in [6.45, 7) is 0. The van der Waals surface area contributed by atoms with E-state index < -0.39 is 13.3 Å². The van der Waals surface area contributed by atoms with Crippen molar-refractivity contribution in [3.05, 3.63) is 12.1 Å². The molecule has 0 aliphatic carbocycles. The molecule has 0 aromatic rings. The number of allylic oxidation sites excluding steroid dienone is 1. The Bertz CT molecular complexity index is 116. The van der Waals surface area contributed by atoms with Crippen molar-refractivity contribution in [2.45, 2.75) is 6.18 Å². The van der Waals surface area contributed by atoms with Crippen LogP contribution in [-0.2, 0) is 0 Å². The van der Waals surface area contributed by atoms with E-state index >= 15 is 0 Å². The molecule has 0 fully saturated rings. The van der Waals surface area contributed by atoms with Gasteiger partial charge in [0.15, 0.2) is 0 Å². The van der Waals surface area contributed by atoms with Gasteiger partial charge in [-0.15, -0.1) is 0 Å². The summed E-state index contributed by atoms with van der Waals surface area (Å²) >= 11 is 0. The molecule has 0 heterocycles. The Morgan fingerprint density at radius 3 is 1.55 bits per heavy atom. The molecule has 0 radical (unpaired) electrons. The van der Waals surface area contributed by atoms with E-state index in [1.54, 1.807) is 0 Å². The predicted molar refractivity (Wildman–Crippen MR) is 20.9 cm³/mol. The van der Waals surface area contributed by atoms with Crippen LogP contribution in [0.1, 0.15) is 0 Å². The Morgan fingerprint density at radius 2 is 1.45 bits per heavy atom. The molecular formula is C3H2BF3K2O2. The quantitative estimate of drug-likeness (QED) is 0.409. The molecule has 0 spiro atoms. The number of hydrogen-bond donors (Lipinski definition) is 0. The molecule has 0 N–H and O–H groups in total. The maximum Gasteiger partial charge on any atom is 1.00 e. The van der Waals surface area contributed by atoms with Gasteiger partial charge in [-0.25, -0.2) is 0 Å². The van der Waals surface area contributed by atoms with Gasteiger partial charge in [-0.05, 0) is 0 Å². The molecule has 11 heavy (non-hydrogen) atoms. The first-order valence-electron chi connectivity index (χ1n) is 1.99. The van der Waals surface area contributed by atoms with Crippen LogP contribution in [0.3, 0.4) is 0 Å². The van der Waals surface area contributed by atoms with E-state index in [0.29, 0.717) is 0 Å². The standard InChI is InChI=1S/C3H2BF3O2.2K/c5-3(6,7)1-2-4(8)9;;/h1-2H;;/q-2;2*+1. The van der Waals surface area contributed by atoms with Crippen LogP contribution in [0.2, 0.25) is 0 Å². The van der Waals surface area contributed by atoms with E-state index in [-0.39, 0.29) is 115 Å². The number of alkyl halides is 3. The van der Waals surface area contributed by atoms with E-state index in [1.807, 2.05) is 0 Å². The first-order chi connectivity index (χ1) is 3.92. The average molecular weight is 216 g/mol. The number of hydrogen-bond acceptors (Lipinski definition) is 2. The smallest absolute Gasteiger partial charge is 0.890 e.